The summed E-state index contributed by atoms with van der Waals surface area (Å²) in [5.74, 6) is 0.118. The SMILES string of the molecule is COc1ccc(Br)cc1S(=O)(=O)N(Cc1cccc(C(F)(F)F)c1)[C@@H]1CCN(C#N)C1. The highest BCUT2D eigenvalue weighted by Crippen LogP contribution is 2.34. The van der Waals surface area contributed by atoms with E-state index < -0.39 is 27.8 Å². The zero-order valence-corrected chi connectivity index (χ0v) is 18.8. The summed E-state index contributed by atoms with van der Waals surface area (Å²) in [6, 6.07) is 8.51. The number of hydrogen-bond donors (Lipinski definition) is 0. The maximum absolute atomic E-state index is 13.6. The van der Waals surface area contributed by atoms with E-state index in [0.29, 0.717) is 17.4 Å². The second-order valence-corrected chi connectivity index (χ2v) is 9.81. The smallest absolute Gasteiger partial charge is 0.416 e. The zero-order valence-electron chi connectivity index (χ0n) is 16.4. The molecular weight excluding hydrogens is 499 g/mol. The van der Waals surface area contributed by atoms with Crippen LogP contribution in [0.4, 0.5) is 13.2 Å². The van der Waals surface area contributed by atoms with Crippen molar-refractivity contribution in [2.45, 2.75) is 30.1 Å². The minimum atomic E-state index is -4.54. The van der Waals surface area contributed by atoms with Crippen LogP contribution in [-0.2, 0) is 22.7 Å². The fourth-order valence-corrected chi connectivity index (χ4v) is 5.81. The fourth-order valence-electron chi connectivity index (χ4n) is 3.48. The van der Waals surface area contributed by atoms with Crippen molar-refractivity contribution in [2.24, 2.45) is 0 Å². The minimum absolute atomic E-state index is 0.105. The van der Waals surface area contributed by atoms with Crippen LogP contribution in [0.2, 0.25) is 0 Å². The van der Waals surface area contributed by atoms with Crippen LogP contribution < -0.4 is 4.74 Å². The highest BCUT2D eigenvalue weighted by molar-refractivity contribution is 9.10. The van der Waals surface area contributed by atoms with E-state index in [0.717, 1.165) is 16.4 Å². The van der Waals surface area contributed by atoms with Crippen molar-refractivity contribution in [3.05, 3.63) is 58.1 Å². The van der Waals surface area contributed by atoms with E-state index in [1.54, 1.807) is 6.07 Å². The van der Waals surface area contributed by atoms with Gasteiger partial charge in [0.15, 0.2) is 6.19 Å². The number of alkyl halides is 3. The van der Waals surface area contributed by atoms with E-state index in [-0.39, 0.29) is 29.3 Å². The number of rotatable bonds is 6. The van der Waals surface area contributed by atoms with Crippen molar-refractivity contribution < 1.29 is 26.3 Å². The number of likely N-dealkylation sites (tertiary alicyclic amines) is 1. The van der Waals surface area contributed by atoms with Crippen molar-refractivity contribution in [2.75, 3.05) is 20.2 Å². The predicted molar refractivity (Wildman–Crippen MR) is 110 cm³/mol. The molecule has 2 aromatic rings. The maximum atomic E-state index is 13.6. The van der Waals surface area contributed by atoms with E-state index in [9.17, 15) is 26.9 Å². The monoisotopic (exact) mass is 517 g/mol. The van der Waals surface area contributed by atoms with Crippen LogP contribution in [0.5, 0.6) is 5.75 Å². The van der Waals surface area contributed by atoms with Crippen LogP contribution in [0.15, 0.2) is 51.8 Å². The van der Waals surface area contributed by atoms with Gasteiger partial charge in [0.1, 0.15) is 10.6 Å². The number of methoxy groups -OCH3 is 1. The summed E-state index contributed by atoms with van der Waals surface area (Å²) >= 11 is 3.25. The Bertz CT molecular complexity index is 1100. The first-order valence-electron chi connectivity index (χ1n) is 9.22. The molecule has 0 radical (unpaired) electrons. The molecule has 1 atom stereocenters. The number of nitriles is 1. The standard InChI is InChI=1S/C20H19BrF3N3O3S/c1-30-18-6-5-16(21)10-19(18)31(28,29)27(17-7-8-26(12-17)13-25)11-14-3-2-4-15(9-14)20(22,23)24/h2-6,9-10,17H,7-8,11-12H2,1H3/t17-/m1/s1. The van der Waals surface area contributed by atoms with Gasteiger partial charge < -0.3 is 9.64 Å². The van der Waals surface area contributed by atoms with Crippen LogP contribution in [0, 0.1) is 11.5 Å². The molecule has 0 N–H and O–H groups in total. The Balaban J connectivity index is 2.06. The first-order chi connectivity index (χ1) is 14.6. The topological polar surface area (TPSA) is 73.6 Å². The van der Waals surface area contributed by atoms with Gasteiger partial charge in [0.25, 0.3) is 0 Å². The van der Waals surface area contributed by atoms with E-state index >= 15 is 0 Å². The second kappa shape index (κ2) is 9.06. The van der Waals surface area contributed by atoms with Gasteiger partial charge in [-0.3, -0.25) is 0 Å². The highest BCUT2D eigenvalue weighted by Gasteiger charge is 2.38. The van der Waals surface area contributed by atoms with E-state index in [1.807, 2.05) is 6.19 Å². The van der Waals surface area contributed by atoms with Crippen molar-refractivity contribution in [1.82, 2.24) is 9.21 Å². The molecule has 0 aliphatic carbocycles. The van der Waals surface area contributed by atoms with Gasteiger partial charge >= 0.3 is 6.18 Å². The molecule has 2 aromatic carbocycles. The molecule has 1 saturated heterocycles. The normalized spacial score (nSPS) is 17.1. The van der Waals surface area contributed by atoms with Gasteiger partial charge in [-0.15, -0.1) is 0 Å². The molecule has 1 aliphatic rings. The predicted octanol–water partition coefficient (Wildman–Crippen LogP) is 4.22. The molecule has 0 saturated carbocycles. The quantitative estimate of drug-likeness (QED) is 0.536. The summed E-state index contributed by atoms with van der Waals surface area (Å²) in [5, 5.41) is 9.18. The summed E-state index contributed by atoms with van der Waals surface area (Å²) in [7, 11) is -2.83. The Morgan fingerprint density at radius 2 is 2.03 bits per heavy atom. The molecule has 0 bridgehead atoms. The Hall–Kier alpha value is -2.29. The molecule has 0 unspecified atom stereocenters. The third kappa shape index (κ3) is 5.14. The lowest BCUT2D eigenvalue weighted by molar-refractivity contribution is -0.137. The van der Waals surface area contributed by atoms with E-state index in [4.69, 9.17) is 4.74 Å². The second-order valence-electron chi connectivity index (χ2n) is 7.03. The van der Waals surface area contributed by atoms with Crippen LogP contribution >= 0.6 is 15.9 Å². The molecule has 1 fully saturated rings. The molecule has 0 amide bonds. The Morgan fingerprint density at radius 1 is 1.29 bits per heavy atom. The third-order valence-corrected chi connectivity index (χ3v) is 7.43. The fraction of sp³-hybridized carbons (Fsp3) is 0.350. The van der Waals surface area contributed by atoms with Crippen molar-refractivity contribution in [1.29, 1.82) is 5.26 Å². The molecule has 0 spiro atoms. The van der Waals surface area contributed by atoms with Gasteiger partial charge in [-0.2, -0.15) is 22.7 Å². The third-order valence-electron chi connectivity index (χ3n) is 5.02. The van der Waals surface area contributed by atoms with Gasteiger partial charge in [-0.25, -0.2) is 8.42 Å². The average Bonchev–Trinajstić information content (AvgIpc) is 3.20. The summed E-state index contributed by atoms with van der Waals surface area (Å²) in [6.45, 7) is 0.252. The average molecular weight is 518 g/mol. The summed E-state index contributed by atoms with van der Waals surface area (Å²) in [4.78, 5) is 1.32. The lowest BCUT2D eigenvalue weighted by Crippen LogP contribution is -2.41. The summed E-state index contributed by atoms with van der Waals surface area (Å²) in [6.07, 6.45) is -2.17. The van der Waals surface area contributed by atoms with Gasteiger partial charge in [-0.05, 0) is 36.2 Å². The minimum Gasteiger partial charge on any atom is -0.495 e. The van der Waals surface area contributed by atoms with Crippen molar-refractivity contribution in [3.63, 3.8) is 0 Å². The van der Waals surface area contributed by atoms with Crippen LogP contribution in [0.1, 0.15) is 17.5 Å². The molecule has 31 heavy (non-hydrogen) atoms. The van der Waals surface area contributed by atoms with Crippen molar-refractivity contribution >= 4 is 26.0 Å². The number of sulfonamides is 1. The Labute approximate surface area is 187 Å². The molecule has 11 heteroatoms. The van der Waals surface area contributed by atoms with Gasteiger partial charge in [0, 0.05) is 30.1 Å². The lowest BCUT2D eigenvalue weighted by atomic mass is 10.1. The Morgan fingerprint density at radius 3 is 2.65 bits per heavy atom. The van der Waals surface area contributed by atoms with Crippen molar-refractivity contribution in [3.8, 4) is 11.9 Å². The number of nitrogens with zero attached hydrogens (tertiary/aromatic N) is 3. The summed E-state index contributed by atoms with van der Waals surface area (Å²) in [5.41, 5.74) is -0.657. The Kier molecular flexibility index (Phi) is 6.83. The van der Waals surface area contributed by atoms with Gasteiger partial charge in [0.05, 0.1) is 12.7 Å². The van der Waals surface area contributed by atoms with E-state index in [2.05, 4.69) is 15.9 Å². The first-order valence-corrected chi connectivity index (χ1v) is 11.5. The molecule has 6 nitrogen and oxygen atoms in total. The number of ether oxygens (including phenoxy) is 1. The number of halogens is 4. The van der Waals surface area contributed by atoms with Crippen LogP contribution in [0.25, 0.3) is 0 Å². The summed E-state index contributed by atoms with van der Waals surface area (Å²) < 4.78 is 73.6. The molecule has 1 heterocycles. The highest BCUT2D eigenvalue weighted by atomic mass is 79.9. The van der Waals surface area contributed by atoms with Gasteiger partial charge in [-0.1, -0.05) is 34.1 Å². The zero-order chi connectivity index (χ0) is 22.8. The molecule has 3 rings (SSSR count). The molecule has 1 aliphatic heterocycles. The first kappa shape index (κ1) is 23.4. The molecule has 166 valence electrons. The number of benzene rings is 2. The number of hydrogen-bond acceptors (Lipinski definition) is 5. The van der Waals surface area contributed by atoms with E-state index in [1.165, 1.54) is 36.3 Å². The van der Waals surface area contributed by atoms with Gasteiger partial charge in [0.2, 0.25) is 10.0 Å². The van der Waals surface area contributed by atoms with Crippen LogP contribution in [0.3, 0.4) is 0 Å². The lowest BCUT2D eigenvalue weighted by Gasteiger charge is -2.29. The van der Waals surface area contributed by atoms with Crippen LogP contribution in [-0.4, -0.2) is 43.9 Å². The largest absolute Gasteiger partial charge is 0.495 e. The molecule has 0 aromatic heterocycles. The molecular formula is C20H19BrF3N3O3S. The maximum Gasteiger partial charge on any atom is 0.416 e.